The molecule has 0 saturated carbocycles. The Morgan fingerprint density at radius 2 is 2.11 bits per heavy atom. The van der Waals surface area contributed by atoms with Crippen molar-refractivity contribution >= 4 is 44.1 Å². The molecule has 1 fully saturated rings. The fraction of sp³-hybridized carbons (Fsp3) is 0.250. The highest BCUT2D eigenvalue weighted by atomic mass is 32.2. The van der Waals surface area contributed by atoms with Crippen LogP contribution in [0.5, 0.6) is 0 Å². The molecule has 3 aromatic rings. The topological polar surface area (TPSA) is 67.6 Å². The average Bonchev–Trinajstić information content (AvgIpc) is 3.36. The molecule has 140 valence electrons. The maximum Gasteiger partial charge on any atom is 0.247 e. The fourth-order valence-corrected chi connectivity index (χ4v) is 5.75. The second-order valence-electron chi connectivity index (χ2n) is 6.62. The molecule has 4 rings (SSSR count). The van der Waals surface area contributed by atoms with Crippen molar-refractivity contribution in [2.75, 3.05) is 11.5 Å². The number of hydrogen-bond acceptors (Lipinski definition) is 5. The van der Waals surface area contributed by atoms with Gasteiger partial charge in [-0.25, -0.2) is 8.42 Å². The zero-order valence-electron chi connectivity index (χ0n) is 14.6. The molecule has 27 heavy (non-hydrogen) atoms. The number of amides is 1. The van der Waals surface area contributed by atoms with Crippen LogP contribution in [0.1, 0.15) is 17.1 Å². The third-order valence-electron chi connectivity index (χ3n) is 4.67. The van der Waals surface area contributed by atoms with Gasteiger partial charge in [-0.3, -0.25) is 4.79 Å². The van der Waals surface area contributed by atoms with Crippen molar-refractivity contribution in [3.8, 4) is 0 Å². The maximum atomic E-state index is 12.9. The third kappa shape index (κ3) is 4.14. The Labute approximate surface area is 161 Å². The summed E-state index contributed by atoms with van der Waals surface area (Å²) >= 11 is 1.56. The standard InChI is InChI=1S/C20H19NO4S2/c22-20(8-7-17-12-15-4-1-2-6-19(15)25-17)21(13-18-5-3-10-26-18)16-9-11-27(23,24)14-16/h1-8,10,12,16H,9,11,13-14H2/b8-7+. The molecular weight excluding hydrogens is 382 g/mol. The first kappa shape index (κ1) is 18.0. The molecule has 7 heteroatoms. The zero-order valence-corrected chi connectivity index (χ0v) is 16.2. The van der Waals surface area contributed by atoms with Crippen LogP contribution in [-0.4, -0.2) is 36.8 Å². The summed E-state index contributed by atoms with van der Waals surface area (Å²) < 4.78 is 29.5. The number of para-hydroxylation sites is 1. The molecule has 1 aromatic carbocycles. The smallest absolute Gasteiger partial charge is 0.247 e. The van der Waals surface area contributed by atoms with E-state index in [-0.39, 0.29) is 23.5 Å². The van der Waals surface area contributed by atoms with E-state index in [2.05, 4.69) is 0 Å². The van der Waals surface area contributed by atoms with Crippen LogP contribution < -0.4 is 0 Å². The summed E-state index contributed by atoms with van der Waals surface area (Å²) in [5.74, 6) is 0.563. The van der Waals surface area contributed by atoms with Crippen LogP contribution >= 0.6 is 11.3 Å². The number of benzene rings is 1. The van der Waals surface area contributed by atoms with E-state index in [4.69, 9.17) is 4.42 Å². The molecule has 1 saturated heterocycles. The van der Waals surface area contributed by atoms with Crippen molar-refractivity contribution < 1.29 is 17.6 Å². The lowest BCUT2D eigenvalue weighted by atomic mass is 10.2. The van der Waals surface area contributed by atoms with E-state index < -0.39 is 9.84 Å². The molecule has 1 aliphatic heterocycles. The SMILES string of the molecule is O=C(/C=C/c1cc2ccccc2o1)N(Cc1cccs1)C1CCS(=O)(=O)C1. The molecule has 1 atom stereocenters. The van der Waals surface area contributed by atoms with E-state index in [1.807, 2.05) is 47.8 Å². The van der Waals surface area contributed by atoms with Gasteiger partial charge in [0.2, 0.25) is 5.91 Å². The lowest BCUT2D eigenvalue weighted by Crippen LogP contribution is -2.39. The molecule has 0 aliphatic carbocycles. The molecular formula is C20H19NO4S2. The Kier molecular flexibility index (Phi) is 4.88. The van der Waals surface area contributed by atoms with Gasteiger partial charge >= 0.3 is 0 Å². The summed E-state index contributed by atoms with van der Waals surface area (Å²) in [5, 5.41) is 2.93. The minimum Gasteiger partial charge on any atom is -0.457 e. The quantitative estimate of drug-likeness (QED) is 0.611. The normalized spacial score (nSPS) is 19.0. The van der Waals surface area contributed by atoms with Crippen molar-refractivity contribution in [3.63, 3.8) is 0 Å². The summed E-state index contributed by atoms with van der Waals surface area (Å²) in [6.07, 6.45) is 3.60. The van der Waals surface area contributed by atoms with Crippen LogP contribution in [0.4, 0.5) is 0 Å². The van der Waals surface area contributed by atoms with Crippen LogP contribution in [0.2, 0.25) is 0 Å². The number of carbonyl (C=O) groups is 1. The second kappa shape index (κ2) is 7.32. The Morgan fingerprint density at radius 3 is 2.81 bits per heavy atom. The van der Waals surface area contributed by atoms with Crippen molar-refractivity contribution in [1.29, 1.82) is 0 Å². The molecule has 5 nitrogen and oxygen atoms in total. The number of thiophene rings is 1. The summed E-state index contributed by atoms with van der Waals surface area (Å²) in [7, 11) is -3.07. The molecule has 0 radical (unpaired) electrons. The van der Waals surface area contributed by atoms with Gasteiger partial charge in [0, 0.05) is 22.4 Å². The van der Waals surface area contributed by atoms with Gasteiger partial charge in [-0.15, -0.1) is 11.3 Å². The highest BCUT2D eigenvalue weighted by molar-refractivity contribution is 7.91. The van der Waals surface area contributed by atoms with E-state index in [1.54, 1.807) is 22.3 Å². The monoisotopic (exact) mass is 401 g/mol. The molecule has 2 aromatic heterocycles. The summed E-state index contributed by atoms with van der Waals surface area (Å²) in [5.41, 5.74) is 0.766. The Balaban J connectivity index is 1.55. The summed E-state index contributed by atoms with van der Waals surface area (Å²) in [4.78, 5) is 15.6. The van der Waals surface area contributed by atoms with Gasteiger partial charge in [-0.2, -0.15) is 0 Å². The van der Waals surface area contributed by atoms with E-state index >= 15 is 0 Å². The highest BCUT2D eigenvalue weighted by Crippen LogP contribution is 2.23. The third-order valence-corrected chi connectivity index (χ3v) is 7.28. The van der Waals surface area contributed by atoms with E-state index in [9.17, 15) is 13.2 Å². The number of rotatable bonds is 5. The van der Waals surface area contributed by atoms with Crippen molar-refractivity contribution in [1.82, 2.24) is 4.90 Å². The minimum atomic E-state index is -3.07. The van der Waals surface area contributed by atoms with Crippen molar-refractivity contribution in [3.05, 3.63) is 64.6 Å². The summed E-state index contributed by atoms with van der Waals surface area (Å²) in [6, 6.07) is 13.1. The van der Waals surface area contributed by atoms with Gasteiger partial charge in [-0.1, -0.05) is 24.3 Å². The van der Waals surface area contributed by atoms with Crippen LogP contribution in [0, 0.1) is 0 Å². The number of fused-ring (bicyclic) bond motifs is 1. The van der Waals surface area contributed by atoms with Crippen molar-refractivity contribution in [2.24, 2.45) is 0 Å². The second-order valence-corrected chi connectivity index (χ2v) is 9.88. The largest absolute Gasteiger partial charge is 0.457 e. The minimum absolute atomic E-state index is 0.0304. The van der Waals surface area contributed by atoms with Gasteiger partial charge in [0.15, 0.2) is 9.84 Å². The number of hydrogen-bond donors (Lipinski definition) is 0. The van der Waals surface area contributed by atoms with Crippen LogP contribution in [-0.2, 0) is 21.2 Å². The van der Waals surface area contributed by atoms with E-state index in [0.29, 0.717) is 18.7 Å². The lowest BCUT2D eigenvalue weighted by molar-refractivity contribution is -0.128. The Morgan fingerprint density at radius 1 is 1.26 bits per heavy atom. The number of sulfone groups is 1. The predicted octanol–water partition coefficient (Wildman–Crippen LogP) is 3.72. The van der Waals surface area contributed by atoms with Gasteiger partial charge in [0.05, 0.1) is 18.1 Å². The van der Waals surface area contributed by atoms with Crippen LogP contribution in [0.3, 0.4) is 0 Å². The number of furan rings is 1. The van der Waals surface area contributed by atoms with Gasteiger partial charge in [0.25, 0.3) is 0 Å². The Hall–Kier alpha value is -2.38. The lowest BCUT2D eigenvalue weighted by Gasteiger charge is -2.26. The molecule has 1 amide bonds. The average molecular weight is 402 g/mol. The maximum absolute atomic E-state index is 12.9. The molecule has 1 aliphatic rings. The first-order valence-corrected chi connectivity index (χ1v) is 11.4. The Bertz CT molecular complexity index is 1050. The highest BCUT2D eigenvalue weighted by Gasteiger charge is 2.34. The first-order valence-electron chi connectivity index (χ1n) is 8.70. The first-order chi connectivity index (χ1) is 13.0. The van der Waals surface area contributed by atoms with Gasteiger partial charge in [0.1, 0.15) is 11.3 Å². The fourth-order valence-electron chi connectivity index (χ4n) is 3.31. The summed E-state index contributed by atoms with van der Waals surface area (Å²) in [6.45, 7) is 0.418. The van der Waals surface area contributed by atoms with Crippen molar-refractivity contribution in [2.45, 2.75) is 19.0 Å². The van der Waals surface area contributed by atoms with Crippen LogP contribution in [0.15, 0.2) is 58.3 Å². The zero-order chi connectivity index (χ0) is 18.9. The molecule has 3 heterocycles. The number of carbonyl (C=O) groups excluding carboxylic acids is 1. The predicted molar refractivity (Wildman–Crippen MR) is 107 cm³/mol. The van der Waals surface area contributed by atoms with Gasteiger partial charge < -0.3 is 9.32 Å². The van der Waals surface area contributed by atoms with Gasteiger partial charge in [-0.05, 0) is 36.1 Å². The number of nitrogens with zero attached hydrogens (tertiary/aromatic N) is 1. The van der Waals surface area contributed by atoms with Crippen LogP contribution in [0.25, 0.3) is 17.0 Å². The molecule has 0 N–H and O–H groups in total. The molecule has 0 bridgehead atoms. The van der Waals surface area contributed by atoms with E-state index in [0.717, 1.165) is 15.8 Å². The molecule has 1 unspecified atom stereocenters. The molecule has 0 spiro atoms. The van der Waals surface area contributed by atoms with E-state index in [1.165, 1.54) is 6.08 Å².